The molecule has 1 amide bonds. The zero-order chi connectivity index (χ0) is 20.4. The highest BCUT2D eigenvalue weighted by molar-refractivity contribution is 6.25. The van der Waals surface area contributed by atoms with E-state index in [9.17, 15) is 14.4 Å². The molecular formula is C18H23N5O5. The number of hydrogen-bond donors (Lipinski definition) is 2. The minimum Gasteiger partial charge on any atom is -0.449 e. The fraction of sp³-hybridized carbons (Fsp3) is 0.556. The lowest BCUT2D eigenvalue weighted by Crippen LogP contribution is -2.55. The molecule has 28 heavy (non-hydrogen) atoms. The Morgan fingerprint density at radius 1 is 1.43 bits per heavy atom. The van der Waals surface area contributed by atoms with E-state index in [1.807, 2.05) is 4.90 Å². The largest absolute Gasteiger partial charge is 0.449 e. The van der Waals surface area contributed by atoms with E-state index in [0.717, 1.165) is 0 Å². The average Bonchev–Trinajstić information content (AvgIpc) is 3.24. The topological polar surface area (TPSA) is 136 Å². The van der Waals surface area contributed by atoms with Crippen LogP contribution in [0.3, 0.4) is 0 Å². The maximum absolute atomic E-state index is 13.4. The number of nitrogens with one attached hydrogen (secondary N) is 1. The molecule has 0 radical (unpaired) electrons. The number of ketones is 2. The van der Waals surface area contributed by atoms with Gasteiger partial charge in [-0.1, -0.05) is 0 Å². The number of aliphatic imine (C=N–C) groups is 1. The summed E-state index contributed by atoms with van der Waals surface area (Å²) in [5.74, 6) is -1.27. The fourth-order valence-corrected chi connectivity index (χ4v) is 4.61. The predicted molar refractivity (Wildman–Crippen MR) is 98.1 cm³/mol. The van der Waals surface area contributed by atoms with Crippen molar-refractivity contribution in [3.63, 3.8) is 0 Å². The Balaban J connectivity index is 1.81. The van der Waals surface area contributed by atoms with Gasteiger partial charge in [-0.3, -0.25) is 9.59 Å². The van der Waals surface area contributed by atoms with Gasteiger partial charge in [-0.25, -0.2) is 9.79 Å². The van der Waals surface area contributed by atoms with E-state index in [2.05, 4.69) is 10.3 Å². The van der Waals surface area contributed by atoms with E-state index < -0.39 is 17.7 Å². The highest BCUT2D eigenvalue weighted by atomic mass is 16.6. The first-order valence-electron chi connectivity index (χ1n) is 9.00. The molecule has 3 N–H and O–H groups in total. The second kappa shape index (κ2) is 6.14. The van der Waals surface area contributed by atoms with Crippen molar-refractivity contribution in [3.05, 3.63) is 22.5 Å². The van der Waals surface area contributed by atoms with Crippen molar-refractivity contribution in [2.75, 3.05) is 34.4 Å². The van der Waals surface area contributed by atoms with Crippen molar-refractivity contribution in [2.24, 2.45) is 16.6 Å². The molecule has 3 unspecified atom stereocenters. The van der Waals surface area contributed by atoms with Crippen LogP contribution in [0.1, 0.15) is 6.92 Å². The van der Waals surface area contributed by atoms with E-state index in [1.165, 1.54) is 13.4 Å². The minimum atomic E-state index is -0.975. The van der Waals surface area contributed by atoms with Crippen molar-refractivity contribution < 1.29 is 23.9 Å². The SMILES string of the molecule is CO[C@@]12C(COC(N)=O)C3=C(C(=O)C(C)=C(N=CN(C)C)C3=O)N1CC1NC12. The van der Waals surface area contributed by atoms with Crippen LogP contribution in [0.15, 0.2) is 27.5 Å². The van der Waals surface area contributed by atoms with Gasteiger partial charge in [-0.05, 0) is 6.92 Å². The molecule has 4 aliphatic rings. The third-order valence-electron chi connectivity index (χ3n) is 5.81. The molecule has 3 aliphatic heterocycles. The summed E-state index contributed by atoms with van der Waals surface area (Å²) >= 11 is 0. The Morgan fingerprint density at radius 3 is 2.75 bits per heavy atom. The summed E-state index contributed by atoms with van der Waals surface area (Å²) in [4.78, 5) is 45.6. The first-order valence-corrected chi connectivity index (χ1v) is 9.00. The lowest BCUT2D eigenvalue weighted by molar-refractivity contribution is -0.137. The van der Waals surface area contributed by atoms with Crippen LogP contribution in [0.25, 0.3) is 0 Å². The number of piperazine rings is 1. The fourth-order valence-electron chi connectivity index (χ4n) is 4.61. The standard InChI is InChI=1S/C18H23N5O5/c1-8-12(20-7-22(2)3)15(25)11-9(6-28-17(19)26)18(27-4)16-10(21-16)5-23(18)13(11)14(8)24/h7,9-10,16,21H,5-6H2,1-4H3,(H2,19,26)/t9?,10?,16?,18-/m1/s1. The molecule has 150 valence electrons. The van der Waals surface area contributed by atoms with Gasteiger partial charge in [-0.15, -0.1) is 0 Å². The van der Waals surface area contributed by atoms with Gasteiger partial charge in [-0.2, -0.15) is 0 Å². The van der Waals surface area contributed by atoms with Crippen LogP contribution in [-0.4, -0.2) is 86.0 Å². The van der Waals surface area contributed by atoms with Crippen LogP contribution >= 0.6 is 0 Å². The molecule has 2 fully saturated rings. The van der Waals surface area contributed by atoms with Gasteiger partial charge in [0.2, 0.25) is 11.6 Å². The Hall–Kier alpha value is -2.72. The molecule has 10 heteroatoms. The number of carbonyl (C=O) groups is 3. The third-order valence-corrected chi connectivity index (χ3v) is 5.81. The van der Waals surface area contributed by atoms with Gasteiger partial charge in [0.25, 0.3) is 0 Å². The van der Waals surface area contributed by atoms with Crippen molar-refractivity contribution in [1.82, 2.24) is 15.1 Å². The highest BCUT2D eigenvalue weighted by Gasteiger charge is 2.72. The molecule has 10 nitrogen and oxygen atoms in total. The van der Waals surface area contributed by atoms with E-state index in [4.69, 9.17) is 15.2 Å². The second-order valence-electron chi connectivity index (χ2n) is 7.60. The van der Waals surface area contributed by atoms with E-state index >= 15 is 0 Å². The van der Waals surface area contributed by atoms with Crippen LogP contribution in [0.5, 0.6) is 0 Å². The molecule has 1 aliphatic carbocycles. The molecule has 0 aromatic carbocycles. The number of Topliss-reactive ketones (excluding diaryl/α,β-unsaturated/α-hetero) is 2. The van der Waals surface area contributed by atoms with Gasteiger partial charge in [0, 0.05) is 44.9 Å². The van der Waals surface area contributed by atoms with Gasteiger partial charge in [0.15, 0.2) is 5.72 Å². The first kappa shape index (κ1) is 18.6. The summed E-state index contributed by atoms with van der Waals surface area (Å²) in [6, 6.07) is 0.0876. The zero-order valence-electron chi connectivity index (χ0n) is 16.2. The number of rotatable bonds is 5. The maximum atomic E-state index is 13.4. The lowest BCUT2D eigenvalue weighted by Gasteiger charge is -2.39. The van der Waals surface area contributed by atoms with Crippen molar-refractivity contribution in [3.8, 4) is 0 Å². The van der Waals surface area contributed by atoms with Gasteiger partial charge >= 0.3 is 6.09 Å². The number of methoxy groups -OCH3 is 1. The van der Waals surface area contributed by atoms with Gasteiger partial charge in [0.05, 0.1) is 24.0 Å². The Morgan fingerprint density at radius 2 is 2.14 bits per heavy atom. The molecule has 0 aromatic heterocycles. The lowest BCUT2D eigenvalue weighted by atomic mass is 9.82. The first-order chi connectivity index (χ1) is 13.2. The number of hydrogen-bond acceptors (Lipinski definition) is 8. The zero-order valence-corrected chi connectivity index (χ0v) is 16.2. The smallest absolute Gasteiger partial charge is 0.404 e. The quantitative estimate of drug-likeness (QED) is 0.264. The summed E-state index contributed by atoms with van der Waals surface area (Å²) in [6.45, 7) is 1.97. The minimum absolute atomic E-state index is 0.0702. The van der Waals surface area contributed by atoms with Crippen LogP contribution < -0.4 is 11.1 Å². The molecule has 3 heterocycles. The van der Waals surface area contributed by atoms with E-state index in [0.29, 0.717) is 12.2 Å². The Labute approximate surface area is 162 Å². The number of ether oxygens (including phenoxy) is 2. The summed E-state index contributed by atoms with van der Waals surface area (Å²) in [6.07, 6.45) is 0.530. The number of carbonyl (C=O) groups excluding carboxylic acids is 3. The molecule has 0 bridgehead atoms. The van der Waals surface area contributed by atoms with Crippen LogP contribution in [0, 0.1) is 5.92 Å². The average molecular weight is 389 g/mol. The van der Waals surface area contributed by atoms with Crippen LogP contribution in [0.4, 0.5) is 4.79 Å². The summed E-state index contributed by atoms with van der Waals surface area (Å²) < 4.78 is 11.0. The van der Waals surface area contributed by atoms with Crippen molar-refractivity contribution in [2.45, 2.75) is 24.7 Å². The molecule has 4 atom stereocenters. The number of primary amides is 1. The number of amides is 1. The summed E-state index contributed by atoms with van der Waals surface area (Å²) in [5.41, 5.74) is 5.16. The third kappa shape index (κ3) is 2.34. The van der Waals surface area contributed by atoms with Crippen molar-refractivity contribution >= 4 is 24.0 Å². The molecule has 2 saturated heterocycles. The molecular weight excluding hydrogens is 366 g/mol. The van der Waals surface area contributed by atoms with E-state index in [1.54, 1.807) is 25.9 Å². The van der Waals surface area contributed by atoms with Crippen LogP contribution in [-0.2, 0) is 19.1 Å². The molecule has 4 rings (SSSR count). The van der Waals surface area contributed by atoms with E-state index in [-0.39, 0.29) is 47.1 Å². The number of allylic oxidation sites excluding steroid dienone is 2. The van der Waals surface area contributed by atoms with Crippen LogP contribution in [0.2, 0.25) is 0 Å². The molecule has 0 saturated carbocycles. The highest BCUT2D eigenvalue weighted by Crippen LogP contribution is 2.55. The predicted octanol–water partition coefficient (Wildman–Crippen LogP) is -1.02. The normalized spacial score (nSPS) is 33.4. The summed E-state index contributed by atoms with van der Waals surface area (Å²) in [5, 5.41) is 3.31. The monoisotopic (exact) mass is 389 g/mol. The Kier molecular flexibility index (Phi) is 4.09. The van der Waals surface area contributed by atoms with Gasteiger partial charge in [0.1, 0.15) is 12.3 Å². The van der Waals surface area contributed by atoms with Crippen molar-refractivity contribution in [1.29, 1.82) is 0 Å². The molecule has 0 aromatic rings. The number of nitrogens with two attached hydrogens (primary N) is 1. The van der Waals surface area contributed by atoms with Gasteiger partial charge < -0.3 is 30.3 Å². The summed E-state index contributed by atoms with van der Waals surface area (Å²) in [7, 11) is 5.08. The number of nitrogens with zero attached hydrogens (tertiary/aromatic N) is 3. The number of fused-ring (bicyclic) bond motifs is 4. The second-order valence-corrected chi connectivity index (χ2v) is 7.60. The maximum Gasteiger partial charge on any atom is 0.404 e. The Bertz CT molecular complexity index is 876. The molecule has 0 spiro atoms.